The number of rotatable bonds is 4. The number of esters is 1. The van der Waals surface area contributed by atoms with Crippen molar-refractivity contribution in [1.29, 1.82) is 0 Å². The van der Waals surface area contributed by atoms with Crippen molar-refractivity contribution in [2.24, 2.45) is 0 Å². The maximum atomic E-state index is 14.6. The van der Waals surface area contributed by atoms with Crippen molar-refractivity contribution in [2.75, 3.05) is 36.8 Å². The summed E-state index contributed by atoms with van der Waals surface area (Å²) in [6.45, 7) is 3.11. The molecule has 0 bridgehead atoms. The molecule has 0 radical (unpaired) electrons. The van der Waals surface area contributed by atoms with E-state index < -0.39 is 11.8 Å². The molecule has 0 spiro atoms. The fourth-order valence-electron chi connectivity index (χ4n) is 2.71. The molecule has 1 aliphatic heterocycles. The van der Waals surface area contributed by atoms with Gasteiger partial charge in [-0.05, 0) is 17.7 Å². The molecule has 1 fully saturated rings. The van der Waals surface area contributed by atoms with Gasteiger partial charge < -0.3 is 20.7 Å². The minimum Gasteiger partial charge on any atom is -0.457 e. The monoisotopic (exact) mass is 329 g/mol. The summed E-state index contributed by atoms with van der Waals surface area (Å²) in [5.41, 5.74) is 7.02. The van der Waals surface area contributed by atoms with Crippen LogP contribution in [-0.4, -0.2) is 32.1 Å². The molecular weight excluding hydrogens is 309 g/mol. The SMILES string of the molecule is Nc1c(C(=O)OCc2ccccc2)ccc(N2CCNCC2)c1F. The molecule has 0 atom stereocenters. The minimum atomic E-state index is -0.623. The molecule has 1 heterocycles. The van der Waals surface area contributed by atoms with Gasteiger partial charge in [-0.25, -0.2) is 9.18 Å². The highest BCUT2D eigenvalue weighted by atomic mass is 19.1. The number of carbonyl (C=O) groups is 1. The van der Waals surface area contributed by atoms with Gasteiger partial charge in [-0.1, -0.05) is 30.3 Å². The van der Waals surface area contributed by atoms with Gasteiger partial charge in [0.25, 0.3) is 0 Å². The largest absolute Gasteiger partial charge is 0.457 e. The zero-order valence-corrected chi connectivity index (χ0v) is 13.3. The van der Waals surface area contributed by atoms with Crippen molar-refractivity contribution in [3.8, 4) is 0 Å². The predicted octanol–water partition coefficient (Wildman–Crippen LogP) is 2.17. The Morgan fingerprint density at radius 2 is 1.88 bits per heavy atom. The Balaban J connectivity index is 1.73. The standard InChI is InChI=1S/C18H20FN3O2/c19-16-15(22-10-8-21-9-11-22)7-6-14(17(16)20)18(23)24-12-13-4-2-1-3-5-13/h1-7,21H,8-12,20H2. The van der Waals surface area contributed by atoms with Crippen molar-refractivity contribution >= 4 is 17.3 Å². The Morgan fingerprint density at radius 3 is 2.58 bits per heavy atom. The number of anilines is 2. The van der Waals surface area contributed by atoms with Gasteiger partial charge in [-0.2, -0.15) is 0 Å². The molecule has 2 aromatic rings. The first-order valence-corrected chi connectivity index (χ1v) is 7.91. The smallest absolute Gasteiger partial charge is 0.340 e. The van der Waals surface area contributed by atoms with Crippen molar-refractivity contribution in [1.82, 2.24) is 5.32 Å². The number of hydrogen-bond acceptors (Lipinski definition) is 5. The van der Waals surface area contributed by atoms with E-state index >= 15 is 0 Å². The average Bonchev–Trinajstić information content (AvgIpc) is 2.63. The highest BCUT2D eigenvalue weighted by Crippen LogP contribution is 2.28. The van der Waals surface area contributed by atoms with Crippen LogP contribution in [0.2, 0.25) is 0 Å². The number of benzene rings is 2. The normalized spacial score (nSPS) is 14.5. The third-order valence-corrected chi connectivity index (χ3v) is 4.05. The van der Waals surface area contributed by atoms with Gasteiger partial charge in [-0.15, -0.1) is 0 Å². The Morgan fingerprint density at radius 1 is 1.17 bits per heavy atom. The Labute approximate surface area is 140 Å². The molecule has 1 aliphatic rings. The molecule has 6 heteroatoms. The number of piperazine rings is 1. The Kier molecular flexibility index (Phi) is 4.96. The predicted molar refractivity (Wildman–Crippen MR) is 91.5 cm³/mol. The van der Waals surface area contributed by atoms with Crippen LogP contribution >= 0.6 is 0 Å². The van der Waals surface area contributed by atoms with Gasteiger partial charge in [0.05, 0.1) is 16.9 Å². The van der Waals surface area contributed by atoms with Crippen LogP contribution in [-0.2, 0) is 11.3 Å². The molecule has 126 valence electrons. The summed E-state index contributed by atoms with van der Waals surface area (Å²) in [5, 5.41) is 3.21. The number of halogens is 1. The fraction of sp³-hybridized carbons (Fsp3) is 0.278. The molecule has 0 unspecified atom stereocenters. The number of nitrogens with zero attached hydrogens (tertiary/aromatic N) is 1. The van der Waals surface area contributed by atoms with Crippen LogP contribution in [0, 0.1) is 5.82 Å². The number of ether oxygens (including phenoxy) is 1. The van der Waals surface area contributed by atoms with E-state index in [9.17, 15) is 9.18 Å². The highest BCUT2D eigenvalue weighted by Gasteiger charge is 2.21. The summed E-state index contributed by atoms with van der Waals surface area (Å²) in [6, 6.07) is 12.4. The molecule has 0 aromatic heterocycles. The van der Waals surface area contributed by atoms with Gasteiger partial charge in [0, 0.05) is 26.2 Å². The molecule has 0 aliphatic carbocycles. The molecule has 2 aromatic carbocycles. The summed E-state index contributed by atoms with van der Waals surface area (Å²) in [7, 11) is 0. The van der Waals surface area contributed by atoms with Gasteiger partial charge in [-0.3, -0.25) is 0 Å². The van der Waals surface area contributed by atoms with Crippen LogP contribution in [0.15, 0.2) is 42.5 Å². The zero-order valence-electron chi connectivity index (χ0n) is 13.3. The maximum Gasteiger partial charge on any atom is 0.340 e. The molecule has 0 saturated carbocycles. The van der Waals surface area contributed by atoms with E-state index in [1.807, 2.05) is 35.2 Å². The third-order valence-electron chi connectivity index (χ3n) is 4.05. The van der Waals surface area contributed by atoms with Gasteiger partial charge in [0.2, 0.25) is 0 Å². The second kappa shape index (κ2) is 7.31. The lowest BCUT2D eigenvalue weighted by Crippen LogP contribution is -2.44. The number of hydrogen-bond donors (Lipinski definition) is 2. The summed E-state index contributed by atoms with van der Waals surface area (Å²) in [5.74, 6) is -1.19. The van der Waals surface area contributed by atoms with Crippen LogP contribution in [0.3, 0.4) is 0 Å². The first-order chi connectivity index (χ1) is 11.7. The summed E-state index contributed by atoms with van der Waals surface area (Å²) in [4.78, 5) is 14.1. The zero-order chi connectivity index (χ0) is 16.9. The lowest BCUT2D eigenvalue weighted by molar-refractivity contribution is 0.0473. The quantitative estimate of drug-likeness (QED) is 0.665. The number of carbonyl (C=O) groups excluding carboxylic acids is 1. The summed E-state index contributed by atoms with van der Waals surface area (Å²) in [6.07, 6.45) is 0. The van der Waals surface area contributed by atoms with Crippen molar-refractivity contribution < 1.29 is 13.9 Å². The van der Waals surface area contributed by atoms with E-state index in [-0.39, 0.29) is 17.9 Å². The molecule has 3 rings (SSSR count). The van der Waals surface area contributed by atoms with Gasteiger partial charge in [0.1, 0.15) is 6.61 Å². The highest BCUT2D eigenvalue weighted by molar-refractivity contribution is 5.96. The topological polar surface area (TPSA) is 67.6 Å². The van der Waals surface area contributed by atoms with Crippen LogP contribution < -0.4 is 16.0 Å². The Hall–Kier alpha value is -2.60. The summed E-state index contributed by atoms with van der Waals surface area (Å²) < 4.78 is 19.8. The first kappa shape index (κ1) is 16.3. The van der Waals surface area contributed by atoms with E-state index in [2.05, 4.69) is 5.32 Å². The summed E-state index contributed by atoms with van der Waals surface area (Å²) >= 11 is 0. The molecule has 5 nitrogen and oxygen atoms in total. The average molecular weight is 329 g/mol. The van der Waals surface area contributed by atoms with Crippen molar-refractivity contribution in [3.05, 3.63) is 59.4 Å². The first-order valence-electron chi connectivity index (χ1n) is 7.91. The number of nitrogens with two attached hydrogens (primary N) is 1. The fourth-order valence-corrected chi connectivity index (χ4v) is 2.71. The van der Waals surface area contributed by atoms with Gasteiger partial charge >= 0.3 is 5.97 Å². The molecular formula is C18H20FN3O2. The molecule has 24 heavy (non-hydrogen) atoms. The van der Waals surface area contributed by atoms with Crippen molar-refractivity contribution in [2.45, 2.75) is 6.61 Å². The third kappa shape index (κ3) is 3.49. The molecule has 3 N–H and O–H groups in total. The maximum absolute atomic E-state index is 14.6. The van der Waals surface area contributed by atoms with Crippen LogP contribution in [0.1, 0.15) is 15.9 Å². The second-order valence-corrected chi connectivity index (χ2v) is 5.66. The van der Waals surface area contributed by atoms with E-state index in [4.69, 9.17) is 10.5 Å². The number of nitrogen functional groups attached to an aromatic ring is 1. The van der Waals surface area contributed by atoms with Crippen LogP contribution in [0.5, 0.6) is 0 Å². The lowest BCUT2D eigenvalue weighted by atomic mass is 10.1. The lowest BCUT2D eigenvalue weighted by Gasteiger charge is -2.30. The van der Waals surface area contributed by atoms with E-state index in [0.29, 0.717) is 18.8 Å². The van der Waals surface area contributed by atoms with Gasteiger partial charge in [0.15, 0.2) is 5.82 Å². The Bertz CT molecular complexity index is 716. The minimum absolute atomic E-state index is 0.0577. The van der Waals surface area contributed by atoms with Crippen LogP contribution in [0.4, 0.5) is 15.8 Å². The van der Waals surface area contributed by atoms with E-state index in [1.165, 1.54) is 6.07 Å². The van der Waals surface area contributed by atoms with Crippen LogP contribution in [0.25, 0.3) is 0 Å². The van der Waals surface area contributed by atoms with Crippen molar-refractivity contribution in [3.63, 3.8) is 0 Å². The number of nitrogens with one attached hydrogen (secondary N) is 1. The molecule has 1 saturated heterocycles. The molecule has 0 amide bonds. The van der Waals surface area contributed by atoms with E-state index in [0.717, 1.165) is 18.7 Å². The second-order valence-electron chi connectivity index (χ2n) is 5.66. The van der Waals surface area contributed by atoms with E-state index in [1.54, 1.807) is 6.07 Å².